The van der Waals surface area contributed by atoms with Crippen molar-refractivity contribution >= 4 is 17.6 Å². The average Bonchev–Trinajstić information content (AvgIpc) is 2.55. The van der Waals surface area contributed by atoms with Crippen molar-refractivity contribution < 1.29 is 14.3 Å². The number of anilines is 1. The van der Waals surface area contributed by atoms with E-state index in [1.165, 1.54) is 4.90 Å². The Morgan fingerprint density at radius 3 is 2.32 bits per heavy atom. The number of ether oxygens (including phenoxy) is 1. The second kappa shape index (κ2) is 7.41. The van der Waals surface area contributed by atoms with E-state index in [9.17, 15) is 9.59 Å². The minimum absolute atomic E-state index is 0.176. The van der Waals surface area contributed by atoms with E-state index in [-0.39, 0.29) is 18.9 Å². The Hall–Kier alpha value is -2.62. The topological polar surface area (TPSA) is 46.6 Å². The molecule has 0 saturated heterocycles. The molecule has 0 aliphatic carbocycles. The van der Waals surface area contributed by atoms with Crippen LogP contribution in [-0.2, 0) is 20.7 Å². The number of esters is 1. The molecule has 0 atom stereocenters. The van der Waals surface area contributed by atoms with Gasteiger partial charge in [-0.05, 0) is 30.2 Å². The van der Waals surface area contributed by atoms with Crippen LogP contribution in [0.2, 0.25) is 0 Å². The van der Waals surface area contributed by atoms with E-state index in [1.54, 1.807) is 7.05 Å². The van der Waals surface area contributed by atoms with Gasteiger partial charge < -0.3 is 9.64 Å². The van der Waals surface area contributed by atoms with E-state index in [4.69, 9.17) is 4.74 Å². The van der Waals surface area contributed by atoms with Crippen molar-refractivity contribution in [3.8, 4) is 0 Å². The Balaban J connectivity index is 1.86. The number of rotatable bonds is 5. The lowest BCUT2D eigenvalue weighted by atomic mass is 10.1. The van der Waals surface area contributed by atoms with Crippen molar-refractivity contribution in [1.82, 2.24) is 0 Å². The monoisotopic (exact) mass is 297 g/mol. The predicted octanol–water partition coefficient (Wildman–Crippen LogP) is 2.74. The number of hydrogen-bond acceptors (Lipinski definition) is 3. The second-order valence-corrected chi connectivity index (χ2v) is 5.05. The zero-order valence-electron chi connectivity index (χ0n) is 12.8. The van der Waals surface area contributed by atoms with E-state index < -0.39 is 5.97 Å². The van der Waals surface area contributed by atoms with E-state index in [2.05, 4.69) is 0 Å². The molecule has 0 aromatic heterocycles. The summed E-state index contributed by atoms with van der Waals surface area (Å²) < 4.78 is 5.08. The fraction of sp³-hybridized carbons (Fsp3) is 0.222. The maximum Gasteiger partial charge on any atom is 0.310 e. The standard InChI is InChI=1S/C18H19NO3/c1-14-8-6-7-9-15(14)12-18(21)22-13-17(20)19(2)16-10-4-3-5-11-16/h3-11H,12-13H2,1-2H3. The highest BCUT2D eigenvalue weighted by Crippen LogP contribution is 2.12. The second-order valence-electron chi connectivity index (χ2n) is 5.05. The molecule has 0 aliphatic heterocycles. The molecular weight excluding hydrogens is 278 g/mol. The lowest BCUT2D eigenvalue weighted by molar-refractivity contribution is -0.147. The van der Waals surface area contributed by atoms with Crippen molar-refractivity contribution in [2.45, 2.75) is 13.3 Å². The summed E-state index contributed by atoms with van der Waals surface area (Å²) in [7, 11) is 1.66. The number of para-hydroxylation sites is 1. The number of carbonyl (C=O) groups excluding carboxylic acids is 2. The summed E-state index contributed by atoms with van der Waals surface area (Å²) in [4.78, 5) is 25.3. The predicted molar refractivity (Wildman–Crippen MR) is 85.7 cm³/mol. The highest BCUT2D eigenvalue weighted by atomic mass is 16.5. The Labute approximate surface area is 130 Å². The van der Waals surface area contributed by atoms with Gasteiger partial charge in [0.05, 0.1) is 6.42 Å². The SMILES string of the molecule is Cc1ccccc1CC(=O)OCC(=O)N(C)c1ccccc1. The van der Waals surface area contributed by atoms with Crippen LogP contribution in [0.3, 0.4) is 0 Å². The van der Waals surface area contributed by atoms with E-state index in [1.807, 2.05) is 61.5 Å². The first-order valence-electron chi connectivity index (χ1n) is 7.09. The highest BCUT2D eigenvalue weighted by molar-refractivity contribution is 5.94. The number of aryl methyl sites for hydroxylation is 1. The molecule has 114 valence electrons. The van der Waals surface area contributed by atoms with Gasteiger partial charge in [-0.25, -0.2) is 0 Å². The number of hydrogen-bond donors (Lipinski definition) is 0. The van der Waals surface area contributed by atoms with Gasteiger partial charge in [0.1, 0.15) is 0 Å². The average molecular weight is 297 g/mol. The summed E-state index contributed by atoms with van der Waals surface area (Å²) >= 11 is 0. The van der Waals surface area contributed by atoms with Crippen LogP contribution >= 0.6 is 0 Å². The number of likely N-dealkylation sites (N-methyl/N-ethyl adjacent to an activating group) is 1. The first-order valence-corrected chi connectivity index (χ1v) is 7.09. The Morgan fingerprint density at radius 1 is 1.00 bits per heavy atom. The molecule has 0 N–H and O–H groups in total. The summed E-state index contributed by atoms with van der Waals surface area (Å²) in [5.41, 5.74) is 2.71. The Bertz CT molecular complexity index is 652. The van der Waals surface area contributed by atoms with Crippen molar-refractivity contribution in [1.29, 1.82) is 0 Å². The number of amides is 1. The molecule has 0 unspecified atom stereocenters. The van der Waals surface area contributed by atoms with Gasteiger partial charge in [0.2, 0.25) is 0 Å². The number of benzene rings is 2. The van der Waals surface area contributed by atoms with Crippen molar-refractivity contribution in [3.63, 3.8) is 0 Å². The molecule has 4 nitrogen and oxygen atoms in total. The third kappa shape index (κ3) is 4.19. The van der Waals surface area contributed by atoms with Gasteiger partial charge in [-0.15, -0.1) is 0 Å². The van der Waals surface area contributed by atoms with Crippen molar-refractivity contribution in [2.75, 3.05) is 18.6 Å². The first-order chi connectivity index (χ1) is 10.6. The molecule has 1 amide bonds. The summed E-state index contributed by atoms with van der Waals surface area (Å²) in [5, 5.41) is 0. The third-order valence-electron chi connectivity index (χ3n) is 3.47. The quantitative estimate of drug-likeness (QED) is 0.797. The summed E-state index contributed by atoms with van der Waals surface area (Å²) in [6.07, 6.45) is 0.176. The molecule has 22 heavy (non-hydrogen) atoms. The van der Waals surface area contributed by atoms with Crippen LogP contribution in [0.1, 0.15) is 11.1 Å². The summed E-state index contributed by atoms with van der Waals surface area (Å²) in [6.45, 7) is 1.69. The molecule has 2 aromatic carbocycles. The summed E-state index contributed by atoms with van der Waals surface area (Å²) in [6, 6.07) is 16.9. The number of nitrogens with zero attached hydrogens (tertiary/aromatic N) is 1. The zero-order chi connectivity index (χ0) is 15.9. The van der Waals surface area contributed by atoms with Crippen LogP contribution in [0.5, 0.6) is 0 Å². The van der Waals surface area contributed by atoms with Gasteiger partial charge >= 0.3 is 5.97 Å². The third-order valence-corrected chi connectivity index (χ3v) is 3.47. The largest absolute Gasteiger partial charge is 0.455 e. The van der Waals surface area contributed by atoms with Crippen LogP contribution in [0.4, 0.5) is 5.69 Å². The molecule has 0 heterocycles. The molecule has 0 bridgehead atoms. The zero-order valence-corrected chi connectivity index (χ0v) is 12.8. The fourth-order valence-corrected chi connectivity index (χ4v) is 2.05. The fourth-order valence-electron chi connectivity index (χ4n) is 2.05. The van der Waals surface area contributed by atoms with E-state index in [0.717, 1.165) is 16.8 Å². The maximum atomic E-state index is 12.0. The molecular formula is C18H19NO3. The van der Waals surface area contributed by atoms with Crippen LogP contribution in [0.15, 0.2) is 54.6 Å². The van der Waals surface area contributed by atoms with Gasteiger partial charge in [0.25, 0.3) is 5.91 Å². The highest BCUT2D eigenvalue weighted by Gasteiger charge is 2.14. The van der Waals surface area contributed by atoms with Gasteiger partial charge in [-0.3, -0.25) is 9.59 Å². The normalized spacial score (nSPS) is 10.1. The van der Waals surface area contributed by atoms with Gasteiger partial charge in [-0.1, -0.05) is 42.5 Å². The van der Waals surface area contributed by atoms with Crippen molar-refractivity contribution in [2.24, 2.45) is 0 Å². The lowest BCUT2D eigenvalue weighted by Crippen LogP contribution is -2.31. The molecule has 2 rings (SSSR count). The lowest BCUT2D eigenvalue weighted by Gasteiger charge is -2.17. The number of carbonyl (C=O) groups is 2. The minimum atomic E-state index is -0.399. The van der Waals surface area contributed by atoms with E-state index in [0.29, 0.717) is 0 Å². The van der Waals surface area contributed by atoms with Crippen LogP contribution < -0.4 is 4.90 Å². The molecule has 0 spiro atoms. The molecule has 0 fully saturated rings. The molecule has 0 saturated carbocycles. The summed E-state index contributed by atoms with van der Waals surface area (Å²) in [5.74, 6) is -0.659. The first kappa shape index (κ1) is 15.8. The van der Waals surface area contributed by atoms with Crippen LogP contribution in [-0.4, -0.2) is 25.5 Å². The smallest absolute Gasteiger partial charge is 0.310 e. The minimum Gasteiger partial charge on any atom is -0.455 e. The van der Waals surface area contributed by atoms with Gasteiger partial charge in [-0.2, -0.15) is 0 Å². The van der Waals surface area contributed by atoms with Crippen LogP contribution in [0.25, 0.3) is 0 Å². The Morgan fingerprint density at radius 2 is 1.64 bits per heavy atom. The van der Waals surface area contributed by atoms with E-state index >= 15 is 0 Å². The molecule has 2 aromatic rings. The molecule has 0 radical (unpaired) electrons. The Kier molecular flexibility index (Phi) is 5.31. The van der Waals surface area contributed by atoms with Crippen LogP contribution in [0, 0.1) is 6.92 Å². The maximum absolute atomic E-state index is 12.0. The molecule has 0 aliphatic rings. The van der Waals surface area contributed by atoms with Gasteiger partial charge in [0.15, 0.2) is 6.61 Å². The molecule has 4 heteroatoms. The van der Waals surface area contributed by atoms with Crippen molar-refractivity contribution in [3.05, 3.63) is 65.7 Å². The van der Waals surface area contributed by atoms with Gasteiger partial charge in [0, 0.05) is 12.7 Å².